The number of nitrogens with zero attached hydrogens (tertiary/aromatic N) is 1. The number of rotatable bonds is 2. The quantitative estimate of drug-likeness (QED) is 0.626. The van der Waals surface area contributed by atoms with Crippen molar-refractivity contribution in [2.75, 3.05) is 7.11 Å². The number of aromatic nitrogens is 1. The van der Waals surface area contributed by atoms with Gasteiger partial charge in [0.05, 0.1) is 13.3 Å². The molecule has 2 aliphatic heterocycles. The first kappa shape index (κ1) is 15.7. The number of carbonyl (C=O) groups excluding carboxylic acids is 2. The Balaban J connectivity index is 1.51. The van der Waals surface area contributed by atoms with Gasteiger partial charge in [-0.25, -0.2) is 9.78 Å². The molecule has 7 nitrogen and oxygen atoms in total. The molecule has 0 saturated carbocycles. The lowest BCUT2D eigenvalue weighted by atomic mass is 9.95. The number of hydrogen-bond acceptors (Lipinski definition) is 6. The summed E-state index contributed by atoms with van der Waals surface area (Å²) in [6.07, 6.45) is 4.75. The summed E-state index contributed by atoms with van der Waals surface area (Å²) in [6, 6.07) is 4.39. The van der Waals surface area contributed by atoms with Gasteiger partial charge < -0.3 is 19.8 Å². The van der Waals surface area contributed by atoms with Gasteiger partial charge in [0.25, 0.3) is 5.91 Å². The molecule has 2 aliphatic rings. The van der Waals surface area contributed by atoms with Gasteiger partial charge in [-0.05, 0) is 31.2 Å². The predicted molar refractivity (Wildman–Crippen MR) is 88.7 cm³/mol. The second-order valence-corrected chi connectivity index (χ2v) is 6.32. The minimum Gasteiger partial charge on any atom is -0.459 e. The molecule has 7 heteroatoms. The van der Waals surface area contributed by atoms with Crippen molar-refractivity contribution >= 4 is 22.8 Å². The van der Waals surface area contributed by atoms with Crippen molar-refractivity contribution in [2.24, 2.45) is 0 Å². The second-order valence-electron chi connectivity index (χ2n) is 6.32. The molecule has 0 spiro atoms. The van der Waals surface area contributed by atoms with E-state index in [-0.39, 0.29) is 11.9 Å². The number of furan rings is 1. The number of ether oxygens (including phenoxy) is 1. The maximum absolute atomic E-state index is 12.5. The molecular weight excluding hydrogens is 322 g/mol. The maximum atomic E-state index is 12.5. The van der Waals surface area contributed by atoms with Crippen LogP contribution in [0.2, 0.25) is 0 Å². The summed E-state index contributed by atoms with van der Waals surface area (Å²) in [5.41, 5.74) is 0.843. The van der Waals surface area contributed by atoms with Crippen LogP contribution in [0.15, 0.2) is 22.7 Å². The van der Waals surface area contributed by atoms with Gasteiger partial charge >= 0.3 is 5.97 Å². The van der Waals surface area contributed by atoms with Crippen LogP contribution in [0.5, 0.6) is 0 Å². The molecule has 3 atom stereocenters. The summed E-state index contributed by atoms with van der Waals surface area (Å²) in [5.74, 6) is 4.37. The van der Waals surface area contributed by atoms with Crippen molar-refractivity contribution in [3.05, 3.63) is 29.8 Å². The van der Waals surface area contributed by atoms with E-state index < -0.39 is 5.97 Å². The number of esters is 1. The van der Waals surface area contributed by atoms with Gasteiger partial charge in [0, 0.05) is 35.5 Å². The van der Waals surface area contributed by atoms with E-state index in [1.807, 2.05) is 0 Å². The van der Waals surface area contributed by atoms with Crippen molar-refractivity contribution in [1.82, 2.24) is 15.6 Å². The van der Waals surface area contributed by atoms with E-state index in [4.69, 9.17) is 4.42 Å². The van der Waals surface area contributed by atoms with Crippen LogP contribution < -0.4 is 10.6 Å². The van der Waals surface area contributed by atoms with E-state index in [0.717, 1.165) is 12.8 Å². The third-order valence-corrected chi connectivity index (χ3v) is 4.73. The lowest BCUT2D eigenvalue weighted by Crippen LogP contribution is -2.43. The zero-order valence-electron chi connectivity index (χ0n) is 13.7. The van der Waals surface area contributed by atoms with Gasteiger partial charge in [0.1, 0.15) is 5.69 Å². The van der Waals surface area contributed by atoms with Crippen LogP contribution in [0, 0.1) is 11.8 Å². The Morgan fingerprint density at radius 2 is 2.28 bits per heavy atom. The molecule has 2 aromatic heterocycles. The minimum absolute atomic E-state index is 0.162. The first-order chi connectivity index (χ1) is 12.1. The number of fused-ring (bicyclic) bond motifs is 3. The van der Waals surface area contributed by atoms with E-state index in [0.29, 0.717) is 34.5 Å². The number of methoxy groups -OCH3 is 1. The zero-order chi connectivity index (χ0) is 17.4. The highest BCUT2D eigenvalue weighted by atomic mass is 16.5. The van der Waals surface area contributed by atoms with Crippen LogP contribution in [-0.2, 0) is 9.53 Å². The van der Waals surface area contributed by atoms with E-state index in [1.165, 1.54) is 19.7 Å². The fourth-order valence-electron chi connectivity index (χ4n) is 3.52. The zero-order valence-corrected chi connectivity index (χ0v) is 13.7. The molecule has 0 aromatic carbocycles. The van der Waals surface area contributed by atoms with Crippen LogP contribution in [0.3, 0.4) is 0 Å². The van der Waals surface area contributed by atoms with Crippen LogP contribution in [0.4, 0.5) is 0 Å². The molecular formula is C18H17N3O4. The van der Waals surface area contributed by atoms with Crippen LogP contribution in [0.1, 0.15) is 35.5 Å². The molecule has 25 heavy (non-hydrogen) atoms. The Bertz CT molecular complexity index is 908. The highest BCUT2D eigenvalue weighted by molar-refractivity contribution is 5.96. The number of carbonyl (C=O) groups is 2. The predicted octanol–water partition coefficient (Wildman–Crippen LogP) is 0.975. The van der Waals surface area contributed by atoms with Gasteiger partial charge in [-0.2, -0.15) is 0 Å². The van der Waals surface area contributed by atoms with Gasteiger partial charge in [-0.15, -0.1) is 0 Å². The smallest absolute Gasteiger partial charge is 0.384 e. The Morgan fingerprint density at radius 3 is 3.00 bits per heavy atom. The lowest BCUT2D eigenvalue weighted by Gasteiger charge is -2.21. The second kappa shape index (κ2) is 6.22. The van der Waals surface area contributed by atoms with Crippen LogP contribution in [-0.4, -0.2) is 42.1 Å². The van der Waals surface area contributed by atoms with Gasteiger partial charge in [0.2, 0.25) is 0 Å². The van der Waals surface area contributed by atoms with Crippen molar-refractivity contribution < 1.29 is 18.7 Å². The molecule has 4 heterocycles. The summed E-state index contributed by atoms with van der Waals surface area (Å²) >= 11 is 0. The molecule has 128 valence electrons. The summed E-state index contributed by atoms with van der Waals surface area (Å²) < 4.78 is 9.94. The molecule has 0 unspecified atom stereocenters. The lowest BCUT2D eigenvalue weighted by molar-refractivity contribution is -0.133. The van der Waals surface area contributed by atoms with Crippen molar-refractivity contribution in [1.29, 1.82) is 0 Å². The summed E-state index contributed by atoms with van der Waals surface area (Å²) in [5, 5.41) is 7.26. The van der Waals surface area contributed by atoms with E-state index in [2.05, 4.69) is 32.2 Å². The summed E-state index contributed by atoms with van der Waals surface area (Å²) in [7, 11) is 1.26. The van der Waals surface area contributed by atoms with Crippen molar-refractivity contribution in [3.8, 4) is 11.8 Å². The Kier molecular flexibility index (Phi) is 3.90. The molecule has 1 amide bonds. The summed E-state index contributed by atoms with van der Waals surface area (Å²) in [6.45, 7) is 0. The maximum Gasteiger partial charge on any atom is 0.384 e. The van der Waals surface area contributed by atoms with Crippen molar-refractivity contribution in [3.63, 3.8) is 0 Å². The number of nitrogens with one attached hydrogen (secondary N) is 2. The number of hydrogen-bond donors (Lipinski definition) is 2. The molecule has 2 fully saturated rings. The average molecular weight is 339 g/mol. The molecule has 4 rings (SSSR count). The molecule has 2 N–H and O–H groups in total. The van der Waals surface area contributed by atoms with Gasteiger partial charge in [-0.1, -0.05) is 0 Å². The Hall–Kier alpha value is -2.85. The fraction of sp³-hybridized carbons (Fsp3) is 0.389. The molecule has 2 saturated heterocycles. The number of pyridine rings is 1. The molecule has 0 aliphatic carbocycles. The molecule has 2 bridgehead atoms. The fourth-order valence-corrected chi connectivity index (χ4v) is 3.52. The normalized spacial score (nSPS) is 24.0. The first-order valence-electron chi connectivity index (χ1n) is 8.19. The molecule has 0 radical (unpaired) electrons. The standard InChI is InChI=1S/C18H17N3O4/c1-24-17(22)5-3-12-6-10-7-15(19-9-16(10)25-12)18(23)21-14-8-11-2-4-13(14)20-11/h6-7,9,11,13-14,20H,2,4,8H2,1H3,(H,21,23)/t11-,13+,14-/m1/s1. The van der Waals surface area contributed by atoms with Gasteiger partial charge in [0.15, 0.2) is 11.3 Å². The van der Waals surface area contributed by atoms with E-state index >= 15 is 0 Å². The third-order valence-electron chi connectivity index (χ3n) is 4.73. The largest absolute Gasteiger partial charge is 0.459 e. The monoisotopic (exact) mass is 339 g/mol. The highest BCUT2D eigenvalue weighted by Gasteiger charge is 2.39. The van der Waals surface area contributed by atoms with Gasteiger partial charge in [-0.3, -0.25) is 4.79 Å². The van der Waals surface area contributed by atoms with Crippen molar-refractivity contribution in [2.45, 2.75) is 37.4 Å². The Labute approximate surface area is 144 Å². The summed E-state index contributed by atoms with van der Waals surface area (Å²) in [4.78, 5) is 27.7. The highest BCUT2D eigenvalue weighted by Crippen LogP contribution is 2.28. The van der Waals surface area contributed by atoms with Crippen LogP contribution >= 0.6 is 0 Å². The Morgan fingerprint density at radius 1 is 1.40 bits per heavy atom. The number of amides is 1. The van der Waals surface area contributed by atoms with E-state index in [1.54, 1.807) is 12.1 Å². The SMILES string of the molecule is COC(=O)C#Cc1cc2cc(C(=O)N[C@@H]3C[C@H]4CC[C@@H]3N4)ncc2o1. The third kappa shape index (κ3) is 3.08. The molecule has 2 aromatic rings. The van der Waals surface area contributed by atoms with E-state index in [9.17, 15) is 9.59 Å². The van der Waals surface area contributed by atoms with Crippen LogP contribution in [0.25, 0.3) is 11.0 Å². The minimum atomic E-state index is -0.641. The average Bonchev–Trinajstić information content (AvgIpc) is 3.33. The first-order valence-corrected chi connectivity index (χ1v) is 8.19. The topological polar surface area (TPSA) is 93.5 Å².